The Bertz CT molecular complexity index is 667. The summed E-state index contributed by atoms with van der Waals surface area (Å²) >= 11 is 0. The molecule has 1 atom stereocenters. The molecule has 1 aliphatic heterocycles. The third-order valence-electron chi connectivity index (χ3n) is 4.27. The predicted molar refractivity (Wildman–Crippen MR) is 92.8 cm³/mol. The van der Waals surface area contributed by atoms with Crippen molar-refractivity contribution in [2.75, 3.05) is 27.3 Å². The molecule has 6 nitrogen and oxygen atoms in total. The average molecular weight is 370 g/mol. The molecule has 1 saturated heterocycles. The molecule has 0 bridgehead atoms. The van der Waals surface area contributed by atoms with Gasteiger partial charge in [-0.2, -0.15) is 0 Å². The van der Waals surface area contributed by atoms with E-state index in [2.05, 4.69) is 11.9 Å². The van der Waals surface area contributed by atoms with Gasteiger partial charge in [0.15, 0.2) is 11.5 Å². The number of nitrogens with zero attached hydrogens (tertiary/aromatic N) is 1. The number of allylic oxidation sites excluding steroid dienone is 1. The number of aliphatic hydroxyl groups is 1. The van der Waals surface area contributed by atoms with Crippen molar-refractivity contribution in [3.8, 4) is 11.5 Å². The standard InChI is InChI=1S/C18H24F2N2O4/c1-4-5-13-8-12(9-14(25-2)16(13)26-3)10-21-17(24)22-7-6-15(23)18(19,20)11-22/h4,8-9,15,23H,1,5-7,10-11H2,2-3H3,(H,21,24). The smallest absolute Gasteiger partial charge is 0.317 e. The van der Waals surface area contributed by atoms with Crippen LogP contribution in [-0.4, -0.2) is 55.4 Å². The highest BCUT2D eigenvalue weighted by Gasteiger charge is 2.44. The molecule has 144 valence electrons. The summed E-state index contributed by atoms with van der Waals surface area (Å²) in [5, 5.41) is 11.9. The third kappa shape index (κ3) is 4.43. The molecule has 1 heterocycles. The van der Waals surface area contributed by atoms with Crippen LogP contribution in [0.5, 0.6) is 11.5 Å². The Kier molecular flexibility index (Phi) is 6.42. The van der Waals surface area contributed by atoms with Gasteiger partial charge < -0.3 is 24.8 Å². The predicted octanol–water partition coefficient (Wildman–Crippen LogP) is 2.34. The van der Waals surface area contributed by atoms with Gasteiger partial charge in [0, 0.05) is 18.7 Å². The summed E-state index contributed by atoms with van der Waals surface area (Å²) in [5.41, 5.74) is 1.59. The number of hydrogen-bond donors (Lipinski definition) is 2. The third-order valence-corrected chi connectivity index (χ3v) is 4.27. The van der Waals surface area contributed by atoms with Gasteiger partial charge in [0.1, 0.15) is 6.10 Å². The quantitative estimate of drug-likeness (QED) is 0.754. The summed E-state index contributed by atoms with van der Waals surface area (Å²) in [6, 6.07) is 2.97. The monoisotopic (exact) mass is 370 g/mol. The molecule has 0 aliphatic carbocycles. The Labute approximate surface area is 151 Å². The fraction of sp³-hybridized carbons (Fsp3) is 0.500. The number of halogens is 2. The number of hydrogen-bond acceptors (Lipinski definition) is 4. The largest absolute Gasteiger partial charge is 0.493 e. The Balaban J connectivity index is 2.08. The number of ether oxygens (including phenoxy) is 2. The zero-order chi connectivity index (χ0) is 19.3. The maximum Gasteiger partial charge on any atom is 0.317 e. The number of nitrogens with one attached hydrogen (secondary N) is 1. The van der Waals surface area contributed by atoms with Crippen LogP contribution < -0.4 is 14.8 Å². The lowest BCUT2D eigenvalue weighted by Gasteiger charge is -2.35. The minimum absolute atomic E-state index is 0.0796. The molecule has 0 aromatic heterocycles. The van der Waals surface area contributed by atoms with Crippen molar-refractivity contribution in [3.05, 3.63) is 35.9 Å². The number of piperidine rings is 1. The fourth-order valence-electron chi connectivity index (χ4n) is 2.91. The first kappa shape index (κ1) is 20.0. The van der Waals surface area contributed by atoms with Crippen molar-refractivity contribution >= 4 is 6.03 Å². The van der Waals surface area contributed by atoms with Gasteiger partial charge in [-0.1, -0.05) is 6.08 Å². The van der Waals surface area contributed by atoms with Gasteiger partial charge in [-0.25, -0.2) is 13.6 Å². The average Bonchev–Trinajstić information content (AvgIpc) is 2.61. The number of likely N-dealkylation sites (tertiary alicyclic amines) is 1. The van der Waals surface area contributed by atoms with E-state index in [4.69, 9.17) is 9.47 Å². The Hall–Kier alpha value is -2.35. The second-order valence-corrected chi connectivity index (χ2v) is 6.13. The van der Waals surface area contributed by atoms with Crippen LogP contribution in [-0.2, 0) is 13.0 Å². The maximum atomic E-state index is 13.6. The molecule has 0 spiro atoms. The van der Waals surface area contributed by atoms with E-state index in [9.17, 15) is 18.7 Å². The lowest BCUT2D eigenvalue weighted by molar-refractivity contribution is -0.141. The first-order valence-electron chi connectivity index (χ1n) is 8.25. The van der Waals surface area contributed by atoms with E-state index >= 15 is 0 Å². The summed E-state index contributed by atoms with van der Waals surface area (Å²) < 4.78 is 37.8. The Morgan fingerprint density at radius 2 is 2.19 bits per heavy atom. The highest BCUT2D eigenvalue weighted by molar-refractivity contribution is 5.74. The summed E-state index contributed by atoms with van der Waals surface area (Å²) in [5.74, 6) is -2.19. The van der Waals surface area contributed by atoms with Crippen molar-refractivity contribution in [2.24, 2.45) is 0 Å². The van der Waals surface area contributed by atoms with E-state index < -0.39 is 24.6 Å². The van der Waals surface area contributed by atoms with Gasteiger partial charge in [-0.05, 0) is 30.5 Å². The number of methoxy groups -OCH3 is 2. The van der Waals surface area contributed by atoms with Crippen molar-refractivity contribution in [1.29, 1.82) is 0 Å². The first-order chi connectivity index (χ1) is 12.3. The van der Waals surface area contributed by atoms with Crippen molar-refractivity contribution in [3.63, 3.8) is 0 Å². The minimum atomic E-state index is -3.30. The topological polar surface area (TPSA) is 71.0 Å². The molecule has 1 aromatic rings. The molecule has 1 unspecified atom stereocenters. The molecule has 1 fully saturated rings. The van der Waals surface area contributed by atoms with Crippen LogP contribution in [0.25, 0.3) is 0 Å². The molecule has 2 rings (SSSR count). The summed E-state index contributed by atoms with van der Waals surface area (Å²) in [7, 11) is 3.05. The van der Waals surface area contributed by atoms with E-state index in [1.807, 2.05) is 6.07 Å². The fourth-order valence-corrected chi connectivity index (χ4v) is 2.91. The van der Waals surface area contributed by atoms with Crippen molar-refractivity contribution < 1.29 is 28.2 Å². The van der Waals surface area contributed by atoms with E-state index in [1.54, 1.807) is 12.1 Å². The van der Waals surface area contributed by atoms with Gasteiger partial charge in [-0.3, -0.25) is 0 Å². The van der Waals surface area contributed by atoms with Gasteiger partial charge in [-0.15, -0.1) is 6.58 Å². The van der Waals surface area contributed by atoms with E-state index in [0.717, 1.165) is 16.0 Å². The zero-order valence-corrected chi connectivity index (χ0v) is 14.9. The molecule has 8 heteroatoms. The zero-order valence-electron chi connectivity index (χ0n) is 14.9. The van der Waals surface area contributed by atoms with E-state index in [1.165, 1.54) is 14.2 Å². The molecular formula is C18H24F2N2O4. The van der Waals surface area contributed by atoms with E-state index in [0.29, 0.717) is 17.9 Å². The molecule has 1 aliphatic rings. The number of rotatable bonds is 6. The van der Waals surface area contributed by atoms with Crippen LogP contribution in [0.1, 0.15) is 17.5 Å². The van der Waals surface area contributed by atoms with Gasteiger partial charge in [0.05, 0.1) is 20.8 Å². The second kappa shape index (κ2) is 8.35. The summed E-state index contributed by atoms with van der Waals surface area (Å²) in [6.07, 6.45) is 0.414. The molecule has 2 amide bonds. The SMILES string of the molecule is C=CCc1cc(CNC(=O)N2CCC(O)C(F)(F)C2)cc(OC)c1OC. The second-order valence-electron chi connectivity index (χ2n) is 6.13. The summed E-state index contributed by atoms with van der Waals surface area (Å²) in [6.45, 7) is 3.14. The highest BCUT2D eigenvalue weighted by atomic mass is 19.3. The normalized spacial score (nSPS) is 19.0. The number of aliphatic hydroxyl groups excluding tert-OH is 1. The molecule has 2 N–H and O–H groups in total. The van der Waals surface area contributed by atoms with Crippen LogP contribution in [0, 0.1) is 0 Å². The number of urea groups is 1. The van der Waals surface area contributed by atoms with Gasteiger partial charge >= 0.3 is 6.03 Å². The maximum absolute atomic E-state index is 13.6. The molecule has 1 aromatic carbocycles. The number of carbonyl (C=O) groups is 1. The Morgan fingerprint density at radius 1 is 1.46 bits per heavy atom. The van der Waals surface area contributed by atoms with Gasteiger partial charge in [0.25, 0.3) is 5.92 Å². The minimum Gasteiger partial charge on any atom is -0.493 e. The lowest BCUT2D eigenvalue weighted by atomic mass is 10.0. The number of amides is 2. The number of carbonyl (C=O) groups excluding carboxylic acids is 1. The van der Waals surface area contributed by atoms with Crippen LogP contribution in [0.3, 0.4) is 0 Å². The van der Waals surface area contributed by atoms with Crippen LogP contribution in [0.4, 0.5) is 13.6 Å². The summed E-state index contributed by atoms with van der Waals surface area (Å²) in [4.78, 5) is 13.2. The molecule has 0 radical (unpaired) electrons. The van der Waals surface area contributed by atoms with Crippen molar-refractivity contribution in [1.82, 2.24) is 10.2 Å². The van der Waals surface area contributed by atoms with Crippen molar-refractivity contribution in [2.45, 2.75) is 31.4 Å². The molecule has 0 saturated carbocycles. The highest BCUT2D eigenvalue weighted by Crippen LogP contribution is 2.33. The number of alkyl halides is 2. The molecule has 26 heavy (non-hydrogen) atoms. The van der Waals surface area contributed by atoms with Crippen LogP contribution >= 0.6 is 0 Å². The Morgan fingerprint density at radius 3 is 2.77 bits per heavy atom. The van der Waals surface area contributed by atoms with E-state index in [-0.39, 0.29) is 19.5 Å². The van der Waals surface area contributed by atoms with Gasteiger partial charge in [0.2, 0.25) is 0 Å². The first-order valence-corrected chi connectivity index (χ1v) is 8.25. The van der Waals surface area contributed by atoms with Crippen LogP contribution in [0.15, 0.2) is 24.8 Å². The molecular weight excluding hydrogens is 346 g/mol. The lowest BCUT2D eigenvalue weighted by Crippen LogP contribution is -2.55. The number of benzene rings is 1. The van der Waals surface area contributed by atoms with Crippen LogP contribution in [0.2, 0.25) is 0 Å².